The summed E-state index contributed by atoms with van der Waals surface area (Å²) >= 11 is 0. The van der Waals surface area contributed by atoms with Crippen molar-refractivity contribution in [2.24, 2.45) is 7.05 Å². The lowest BCUT2D eigenvalue weighted by Gasteiger charge is -2.31. The molecule has 1 amide bonds. The maximum atomic E-state index is 12.4. The largest absolute Gasteiger partial charge is 0.398 e. The Morgan fingerprint density at radius 3 is 2.58 bits per heavy atom. The van der Waals surface area contributed by atoms with Crippen molar-refractivity contribution < 1.29 is 9.90 Å². The summed E-state index contributed by atoms with van der Waals surface area (Å²) in [6.07, 6.45) is 4.40. The van der Waals surface area contributed by atoms with Gasteiger partial charge in [0.15, 0.2) is 5.82 Å². The van der Waals surface area contributed by atoms with Crippen LogP contribution in [0.3, 0.4) is 0 Å². The van der Waals surface area contributed by atoms with E-state index in [1.807, 2.05) is 25.2 Å². The summed E-state index contributed by atoms with van der Waals surface area (Å²) in [5.41, 5.74) is 10.8. The maximum absolute atomic E-state index is 12.4. The van der Waals surface area contributed by atoms with Crippen LogP contribution in [0, 0.1) is 5.41 Å². The Morgan fingerprint density at radius 2 is 1.94 bits per heavy atom. The zero-order chi connectivity index (χ0) is 23.1. The number of carbonyl (C=O) groups excluding carboxylic acids is 1. The molecule has 9 heteroatoms. The zero-order valence-corrected chi connectivity index (χ0v) is 18.4. The number of carbonyl (C=O) groups is 1. The molecule has 0 saturated heterocycles. The minimum absolute atomic E-state index is 0.0419. The van der Waals surface area contributed by atoms with Crippen LogP contribution in [0.25, 0.3) is 11.4 Å². The minimum Gasteiger partial charge on any atom is -0.398 e. The third-order valence-corrected chi connectivity index (χ3v) is 6.31. The average Bonchev–Trinajstić information content (AvgIpc) is 3.56. The van der Waals surface area contributed by atoms with E-state index in [9.17, 15) is 9.90 Å². The van der Waals surface area contributed by atoms with E-state index < -0.39 is 0 Å². The Morgan fingerprint density at radius 1 is 1.21 bits per heavy atom. The van der Waals surface area contributed by atoms with Crippen LogP contribution in [0.2, 0.25) is 0 Å². The first-order chi connectivity index (χ1) is 15.9. The highest BCUT2D eigenvalue weighted by Gasteiger charge is 2.30. The SMILES string of the molecule is Cn1nc(-c2ccc(C(=O)NC3CC(O)C3)cc2)nc1Nc1ccc(N)c(C=N)c1C1CC1. The number of aliphatic hydroxyl groups excluding tert-OH is 1. The molecule has 0 unspecified atom stereocenters. The topological polar surface area (TPSA) is 142 Å². The van der Waals surface area contributed by atoms with E-state index in [0.29, 0.717) is 41.8 Å². The number of hydrogen-bond acceptors (Lipinski definition) is 7. The third-order valence-electron chi connectivity index (χ3n) is 6.31. The number of amides is 1. The van der Waals surface area contributed by atoms with Crippen LogP contribution in [-0.4, -0.2) is 44.1 Å². The van der Waals surface area contributed by atoms with E-state index in [1.165, 1.54) is 6.21 Å². The van der Waals surface area contributed by atoms with Gasteiger partial charge >= 0.3 is 0 Å². The number of hydrogen-bond donors (Lipinski definition) is 5. The van der Waals surface area contributed by atoms with Crippen LogP contribution in [0.15, 0.2) is 36.4 Å². The quantitative estimate of drug-likeness (QED) is 0.280. The van der Waals surface area contributed by atoms with Crippen molar-refractivity contribution in [2.75, 3.05) is 11.1 Å². The lowest BCUT2D eigenvalue weighted by atomic mass is 9.89. The van der Waals surface area contributed by atoms with Crippen molar-refractivity contribution in [1.82, 2.24) is 20.1 Å². The summed E-state index contributed by atoms with van der Waals surface area (Å²) in [5.74, 6) is 1.39. The monoisotopic (exact) mass is 445 g/mol. The molecule has 170 valence electrons. The number of aliphatic hydroxyl groups is 1. The highest BCUT2D eigenvalue weighted by atomic mass is 16.3. The number of aryl methyl sites for hydroxylation is 1. The molecule has 5 rings (SSSR count). The van der Waals surface area contributed by atoms with Crippen LogP contribution in [0.1, 0.15) is 53.1 Å². The molecule has 0 atom stereocenters. The molecular weight excluding hydrogens is 418 g/mol. The van der Waals surface area contributed by atoms with Gasteiger partial charge < -0.3 is 26.9 Å². The summed E-state index contributed by atoms with van der Waals surface area (Å²) in [6, 6.07) is 10.9. The predicted octanol–water partition coefficient (Wildman–Crippen LogP) is 2.94. The van der Waals surface area contributed by atoms with Crippen LogP contribution >= 0.6 is 0 Å². The number of aromatic nitrogens is 3. The molecule has 0 spiro atoms. The molecule has 0 radical (unpaired) electrons. The van der Waals surface area contributed by atoms with Gasteiger partial charge in [-0.15, -0.1) is 5.10 Å². The second-order valence-corrected chi connectivity index (χ2v) is 8.83. The van der Waals surface area contributed by atoms with Gasteiger partial charge in [-0.2, -0.15) is 4.98 Å². The first kappa shape index (κ1) is 21.1. The van der Waals surface area contributed by atoms with Gasteiger partial charge in [-0.05, 0) is 61.4 Å². The van der Waals surface area contributed by atoms with Crippen LogP contribution < -0.4 is 16.4 Å². The summed E-state index contributed by atoms with van der Waals surface area (Å²) in [7, 11) is 1.82. The summed E-state index contributed by atoms with van der Waals surface area (Å²) < 4.78 is 1.68. The first-order valence-corrected chi connectivity index (χ1v) is 11.1. The van der Waals surface area contributed by atoms with Crippen LogP contribution in [0.4, 0.5) is 17.3 Å². The van der Waals surface area contributed by atoms with Crippen molar-refractivity contribution in [3.63, 3.8) is 0 Å². The maximum Gasteiger partial charge on any atom is 0.251 e. The van der Waals surface area contributed by atoms with Crippen molar-refractivity contribution in [2.45, 2.75) is 43.7 Å². The lowest BCUT2D eigenvalue weighted by molar-refractivity contribution is 0.0562. The predicted molar refractivity (Wildman–Crippen MR) is 127 cm³/mol. The number of nitrogens with zero attached hydrogens (tertiary/aromatic N) is 3. The van der Waals surface area contributed by atoms with E-state index in [4.69, 9.17) is 11.1 Å². The Balaban J connectivity index is 1.34. The average molecular weight is 446 g/mol. The highest BCUT2D eigenvalue weighted by molar-refractivity contribution is 5.95. The third kappa shape index (κ3) is 4.19. The molecule has 6 N–H and O–H groups in total. The van der Waals surface area contributed by atoms with Crippen LogP contribution in [0.5, 0.6) is 0 Å². The second kappa shape index (κ2) is 8.32. The Kier molecular flexibility index (Phi) is 5.33. The second-order valence-electron chi connectivity index (χ2n) is 8.83. The molecule has 9 nitrogen and oxygen atoms in total. The molecule has 1 aromatic heterocycles. The minimum atomic E-state index is -0.305. The zero-order valence-electron chi connectivity index (χ0n) is 18.4. The van der Waals surface area contributed by atoms with Gasteiger partial charge in [-0.25, -0.2) is 4.68 Å². The van der Waals surface area contributed by atoms with E-state index >= 15 is 0 Å². The molecule has 2 saturated carbocycles. The van der Waals surface area contributed by atoms with Gasteiger partial charge in [-0.3, -0.25) is 4.79 Å². The van der Waals surface area contributed by atoms with E-state index in [0.717, 1.165) is 35.2 Å². The Bertz CT molecular complexity index is 1210. The standard InChI is InChI=1S/C24H27N7O2/c1-31-24(28-20-9-8-19(26)18(12-25)21(20)13-2-3-13)29-22(30-31)14-4-6-15(7-5-14)23(33)27-16-10-17(32)11-16/h4-9,12-13,16-17,25,32H,2-3,10-11,26H2,1H3,(H,27,33)(H,28,29,30). The number of anilines is 3. The fourth-order valence-electron chi connectivity index (χ4n) is 4.22. The molecule has 33 heavy (non-hydrogen) atoms. The molecule has 2 aliphatic rings. The van der Waals surface area contributed by atoms with Gasteiger partial charge in [0.25, 0.3) is 5.91 Å². The highest BCUT2D eigenvalue weighted by Crippen LogP contribution is 2.46. The fraction of sp³-hybridized carbons (Fsp3) is 0.333. The molecular formula is C24H27N7O2. The molecule has 2 aromatic carbocycles. The van der Waals surface area contributed by atoms with E-state index in [1.54, 1.807) is 22.9 Å². The normalized spacial score (nSPS) is 19.6. The van der Waals surface area contributed by atoms with E-state index in [2.05, 4.69) is 20.7 Å². The van der Waals surface area contributed by atoms with Gasteiger partial charge in [0.2, 0.25) is 5.95 Å². The molecule has 0 bridgehead atoms. The van der Waals surface area contributed by atoms with E-state index in [-0.39, 0.29) is 18.1 Å². The van der Waals surface area contributed by atoms with Gasteiger partial charge in [0.05, 0.1) is 6.10 Å². The Labute approximate surface area is 191 Å². The smallest absolute Gasteiger partial charge is 0.251 e. The number of nitrogens with one attached hydrogen (secondary N) is 3. The lowest BCUT2D eigenvalue weighted by Crippen LogP contribution is -2.46. The number of nitrogen functional groups attached to an aromatic ring is 1. The Hall–Kier alpha value is -3.72. The van der Waals surface area contributed by atoms with Gasteiger partial charge in [0, 0.05) is 47.4 Å². The fourth-order valence-corrected chi connectivity index (χ4v) is 4.22. The van der Waals surface area contributed by atoms with Gasteiger partial charge in [0.1, 0.15) is 0 Å². The van der Waals surface area contributed by atoms with Crippen molar-refractivity contribution in [3.8, 4) is 11.4 Å². The molecule has 1 heterocycles. The van der Waals surface area contributed by atoms with Gasteiger partial charge in [-0.1, -0.05) is 12.1 Å². The van der Waals surface area contributed by atoms with Crippen LogP contribution in [-0.2, 0) is 7.05 Å². The van der Waals surface area contributed by atoms with Crippen molar-refractivity contribution in [3.05, 3.63) is 53.1 Å². The summed E-state index contributed by atoms with van der Waals surface area (Å²) in [4.78, 5) is 17.0. The molecule has 2 fully saturated rings. The first-order valence-electron chi connectivity index (χ1n) is 11.1. The van der Waals surface area contributed by atoms with Crippen molar-refractivity contribution in [1.29, 1.82) is 5.41 Å². The number of nitrogens with two attached hydrogens (primary N) is 1. The summed E-state index contributed by atoms with van der Waals surface area (Å²) in [6.45, 7) is 0. The summed E-state index contributed by atoms with van der Waals surface area (Å²) in [5, 5.41) is 28.0. The number of rotatable bonds is 7. The molecule has 0 aliphatic heterocycles. The molecule has 3 aromatic rings. The molecule has 2 aliphatic carbocycles. The number of benzene rings is 2. The van der Waals surface area contributed by atoms with Crippen molar-refractivity contribution >= 4 is 29.4 Å².